The quantitative estimate of drug-likeness (QED) is 0.794. The maximum absolute atomic E-state index is 14.0. The van der Waals surface area contributed by atoms with Gasteiger partial charge >= 0.3 is 0 Å². The average Bonchev–Trinajstić information content (AvgIpc) is 3.02. The molecule has 4 nitrogen and oxygen atoms in total. The van der Waals surface area contributed by atoms with E-state index in [1.54, 1.807) is 12.1 Å². The lowest BCUT2D eigenvalue weighted by Gasteiger charge is -2.18. The summed E-state index contributed by atoms with van der Waals surface area (Å²) in [5.41, 5.74) is 1.38. The highest BCUT2D eigenvalue weighted by atomic mass is 19.1. The molecule has 0 spiro atoms. The second-order valence-corrected chi connectivity index (χ2v) is 4.17. The van der Waals surface area contributed by atoms with Crippen molar-refractivity contribution in [3.8, 4) is 5.69 Å². The van der Waals surface area contributed by atoms with Gasteiger partial charge in [-0.3, -0.25) is 0 Å². The minimum absolute atomic E-state index is 0.264. The van der Waals surface area contributed by atoms with E-state index < -0.39 is 0 Å². The highest BCUT2D eigenvalue weighted by Crippen LogP contribution is 2.23. The summed E-state index contributed by atoms with van der Waals surface area (Å²) in [7, 11) is 0. The van der Waals surface area contributed by atoms with Crippen molar-refractivity contribution in [2.45, 2.75) is 12.8 Å². The molecule has 1 aliphatic heterocycles. The normalized spacial score (nSPS) is 15.5. The predicted molar refractivity (Wildman–Crippen MR) is 62.8 cm³/mol. The molecular weight excluding hydrogens is 219 g/mol. The Hall–Kier alpha value is -1.91. The summed E-state index contributed by atoms with van der Waals surface area (Å²) < 4.78 is 15.4. The molecule has 1 aromatic heterocycles. The lowest BCUT2D eigenvalue weighted by molar-refractivity contribution is 0.610. The molecule has 88 valence electrons. The Labute approximate surface area is 98.7 Å². The molecule has 0 bridgehead atoms. The van der Waals surface area contributed by atoms with E-state index in [1.165, 1.54) is 30.2 Å². The largest absolute Gasteiger partial charge is 0.371 e. The molecule has 0 saturated carbocycles. The molecule has 1 fully saturated rings. The van der Waals surface area contributed by atoms with Gasteiger partial charge in [-0.2, -0.15) is 5.10 Å². The summed E-state index contributed by atoms with van der Waals surface area (Å²) in [5, 5.41) is 3.93. The van der Waals surface area contributed by atoms with Crippen LogP contribution in [0.3, 0.4) is 0 Å². The predicted octanol–water partition coefficient (Wildman–Crippen LogP) is 2.01. The van der Waals surface area contributed by atoms with Crippen LogP contribution in [0.5, 0.6) is 0 Å². The monoisotopic (exact) mass is 232 g/mol. The summed E-state index contributed by atoms with van der Waals surface area (Å²) in [6.07, 6.45) is 5.26. The number of benzene rings is 1. The van der Waals surface area contributed by atoms with Gasteiger partial charge in [-0.05, 0) is 31.0 Å². The van der Waals surface area contributed by atoms with Crippen LogP contribution in [0.2, 0.25) is 0 Å². The van der Waals surface area contributed by atoms with Gasteiger partial charge in [0.1, 0.15) is 18.3 Å². The molecule has 5 heteroatoms. The molecular formula is C12H13FN4. The molecule has 1 saturated heterocycles. The SMILES string of the molecule is Fc1cc(N2CCCC2)ccc1-n1cncn1. The number of anilines is 1. The van der Waals surface area contributed by atoms with Crippen molar-refractivity contribution in [1.29, 1.82) is 0 Å². The van der Waals surface area contributed by atoms with Crippen LogP contribution in [0, 0.1) is 5.82 Å². The van der Waals surface area contributed by atoms with Crippen LogP contribution in [0.4, 0.5) is 10.1 Å². The van der Waals surface area contributed by atoms with Crippen LogP contribution in [-0.4, -0.2) is 27.9 Å². The van der Waals surface area contributed by atoms with Gasteiger partial charge in [0.05, 0.1) is 0 Å². The second kappa shape index (κ2) is 4.16. The molecule has 17 heavy (non-hydrogen) atoms. The van der Waals surface area contributed by atoms with E-state index in [2.05, 4.69) is 15.0 Å². The van der Waals surface area contributed by atoms with E-state index in [-0.39, 0.29) is 5.82 Å². The van der Waals surface area contributed by atoms with Crippen molar-refractivity contribution in [2.75, 3.05) is 18.0 Å². The minimum Gasteiger partial charge on any atom is -0.371 e. The number of nitrogens with zero attached hydrogens (tertiary/aromatic N) is 4. The Morgan fingerprint density at radius 2 is 2.00 bits per heavy atom. The van der Waals surface area contributed by atoms with Crippen LogP contribution in [0.15, 0.2) is 30.9 Å². The highest BCUT2D eigenvalue weighted by Gasteiger charge is 2.14. The molecule has 2 heterocycles. The van der Waals surface area contributed by atoms with E-state index in [0.717, 1.165) is 18.8 Å². The van der Waals surface area contributed by atoms with E-state index in [4.69, 9.17) is 0 Å². The van der Waals surface area contributed by atoms with Gasteiger partial charge in [-0.25, -0.2) is 14.1 Å². The fourth-order valence-corrected chi connectivity index (χ4v) is 2.19. The zero-order valence-corrected chi connectivity index (χ0v) is 9.38. The highest BCUT2D eigenvalue weighted by molar-refractivity contribution is 5.52. The van der Waals surface area contributed by atoms with E-state index in [1.807, 2.05) is 6.07 Å². The van der Waals surface area contributed by atoms with Crippen molar-refractivity contribution in [3.63, 3.8) is 0 Å². The van der Waals surface area contributed by atoms with E-state index >= 15 is 0 Å². The lowest BCUT2D eigenvalue weighted by atomic mass is 10.2. The molecule has 1 aromatic carbocycles. The molecule has 3 rings (SSSR count). The van der Waals surface area contributed by atoms with E-state index in [0.29, 0.717) is 5.69 Å². The molecule has 2 aromatic rings. The smallest absolute Gasteiger partial charge is 0.150 e. The Kier molecular flexibility index (Phi) is 2.51. The Balaban J connectivity index is 1.94. The zero-order chi connectivity index (χ0) is 11.7. The van der Waals surface area contributed by atoms with Crippen LogP contribution in [0.25, 0.3) is 5.69 Å². The molecule has 1 aliphatic rings. The average molecular weight is 232 g/mol. The summed E-state index contributed by atoms with van der Waals surface area (Å²) in [4.78, 5) is 6.02. The lowest BCUT2D eigenvalue weighted by Crippen LogP contribution is -2.17. The Morgan fingerprint density at radius 3 is 2.65 bits per heavy atom. The Bertz CT molecular complexity index is 503. The molecule has 0 aliphatic carbocycles. The summed E-state index contributed by atoms with van der Waals surface area (Å²) in [6.45, 7) is 2.03. The zero-order valence-electron chi connectivity index (χ0n) is 9.38. The number of rotatable bonds is 2. The van der Waals surface area contributed by atoms with Gasteiger partial charge in [-0.1, -0.05) is 0 Å². The van der Waals surface area contributed by atoms with Gasteiger partial charge in [0.15, 0.2) is 5.82 Å². The molecule has 0 amide bonds. The third-order valence-corrected chi connectivity index (χ3v) is 3.07. The number of hydrogen-bond donors (Lipinski definition) is 0. The Morgan fingerprint density at radius 1 is 1.18 bits per heavy atom. The van der Waals surface area contributed by atoms with Crippen LogP contribution >= 0.6 is 0 Å². The van der Waals surface area contributed by atoms with Gasteiger partial charge in [-0.15, -0.1) is 0 Å². The standard InChI is InChI=1S/C12H13FN4/c13-11-7-10(16-5-1-2-6-16)3-4-12(11)17-9-14-8-15-17/h3-4,7-9H,1-2,5-6H2. The fraction of sp³-hybridized carbons (Fsp3) is 0.333. The van der Waals surface area contributed by atoms with Gasteiger partial charge in [0.25, 0.3) is 0 Å². The van der Waals surface area contributed by atoms with Crippen LogP contribution in [0.1, 0.15) is 12.8 Å². The number of aromatic nitrogens is 3. The summed E-state index contributed by atoms with van der Waals surface area (Å²) >= 11 is 0. The maximum Gasteiger partial charge on any atom is 0.150 e. The first-order valence-electron chi connectivity index (χ1n) is 5.74. The summed E-state index contributed by atoms with van der Waals surface area (Å²) in [6, 6.07) is 5.26. The minimum atomic E-state index is -0.264. The fourth-order valence-electron chi connectivity index (χ4n) is 2.19. The van der Waals surface area contributed by atoms with Crippen molar-refractivity contribution >= 4 is 5.69 Å². The topological polar surface area (TPSA) is 34.0 Å². The van der Waals surface area contributed by atoms with Crippen LogP contribution < -0.4 is 4.90 Å². The van der Waals surface area contributed by atoms with Gasteiger partial charge in [0, 0.05) is 18.8 Å². The molecule has 0 N–H and O–H groups in total. The molecule has 0 atom stereocenters. The van der Waals surface area contributed by atoms with E-state index in [9.17, 15) is 4.39 Å². The molecule has 0 radical (unpaired) electrons. The first-order valence-corrected chi connectivity index (χ1v) is 5.74. The second-order valence-electron chi connectivity index (χ2n) is 4.17. The maximum atomic E-state index is 14.0. The van der Waals surface area contributed by atoms with Crippen LogP contribution in [-0.2, 0) is 0 Å². The third-order valence-electron chi connectivity index (χ3n) is 3.07. The first-order chi connectivity index (χ1) is 8.34. The molecule has 0 unspecified atom stereocenters. The van der Waals surface area contributed by atoms with Crippen molar-refractivity contribution in [1.82, 2.24) is 14.8 Å². The summed E-state index contributed by atoms with van der Waals surface area (Å²) in [5.74, 6) is -0.264. The van der Waals surface area contributed by atoms with Crippen molar-refractivity contribution in [2.24, 2.45) is 0 Å². The number of halogens is 1. The van der Waals surface area contributed by atoms with Gasteiger partial charge in [0.2, 0.25) is 0 Å². The number of hydrogen-bond acceptors (Lipinski definition) is 3. The van der Waals surface area contributed by atoms with Crippen molar-refractivity contribution < 1.29 is 4.39 Å². The first kappa shape index (κ1) is 10.3. The van der Waals surface area contributed by atoms with Gasteiger partial charge < -0.3 is 4.90 Å². The van der Waals surface area contributed by atoms with Crippen molar-refractivity contribution in [3.05, 3.63) is 36.7 Å². The third kappa shape index (κ3) is 1.88.